The molecule has 5 heteroatoms. The monoisotopic (exact) mass is 283 g/mol. The Bertz CT molecular complexity index is 540. The molecule has 0 amide bonds. The molecule has 17 heavy (non-hydrogen) atoms. The Kier molecular flexibility index (Phi) is 2.77. The zero-order valence-corrected chi connectivity index (χ0v) is 11.2. The van der Waals surface area contributed by atoms with E-state index in [1.807, 2.05) is 18.3 Å². The molecule has 0 bridgehead atoms. The van der Waals surface area contributed by atoms with Crippen LogP contribution in [-0.2, 0) is 12.8 Å². The highest BCUT2D eigenvalue weighted by molar-refractivity contribution is 7.80. The van der Waals surface area contributed by atoms with E-state index >= 15 is 0 Å². The lowest BCUT2D eigenvalue weighted by Crippen LogP contribution is -2.18. The van der Waals surface area contributed by atoms with Gasteiger partial charge in [-0.25, -0.2) is 5.32 Å². The number of allylic oxidation sites excluding steroid dienone is 1. The molecule has 1 N–H and O–H groups in total. The predicted molar refractivity (Wildman–Crippen MR) is 73.3 cm³/mol. The summed E-state index contributed by atoms with van der Waals surface area (Å²) in [6, 6.07) is 3.90. The van der Waals surface area contributed by atoms with Crippen LogP contribution < -0.4 is 10.6 Å². The van der Waals surface area contributed by atoms with Gasteiger partial charge in [0.2, 0.25) is 0 Å². The first-order valence-corrected chi connectivity index (χ1v) is 6.49. The smallest absolute Gasteiger partial charge is 0.197 e. The minimum Gasteiger partial charge on any atom is -0.336 e. The van der Waals surface area contributed by atoms with Crippen LogP contribution >= 0.6 is 35.4 Å². The number of rotatable bonds is 1. The lowest BCUT2D eigenvalue weighted by molar-refractivity contribution is 0.633. The molecule has 1 atom stereocenters. The highest BCUT2D eigenvalue weighted by Gasteiger charge is 2.30. The zero-order valence-electron chi connectivity index (χ0n) is 8.84. The molecule has 1 aromatic carbocycles. The number of fused-ring (bicyclic) bond motifs is 1. The first kappa shape index (κ1) is 11.3. The average Bonchev–Trinajstić information content (AvgIpc) is 2.90. The van der Waals surface area contributed by atoms with Gasteiger partial charge in [0.1, 0.15) is 0 Å². The largest absolute Gasteiger partial charge is 0.336 e. The summed E-state index contributed by atoms with van der Waals surface area (Å²) in [4.78, 5) is 0. The zero-order chi connectivity index (χ0) is 12.0. The number of nitrogens with zero attached hydrogens (tertiary/aromatic N) is 1. The number of benzene rings is 1. The van der Waals surface area contributed by atoms with Gasteiger partial charge in [-0.2, -0.15) is 0 Å². The van der Waals surface area contributed by atoms with Crippen LogP contribution in [0.5, 0.6) is 0 Å². The Labute approximate surface area is 115 Å². The third-order valence-corrected chi connectivity index (χ3v) is 4.25. The highest BCUT2D eigenvalue weighted by Crippen LogP contribution is 2.38. The van der Waals surface area contributed by atoms with Gasteiger partial charge in [0.25, 0.3) is 0 Å². The summed E-state index contributed by atoms with van der Waals surface area (Å²) in [7, 11) is 0. The minimum absolute atomic E-state index is 0.355. The topological polar surface area (TPSA) is 26.1 Å². The van der Waals surface area contributed by atoms with Crippen molar-refractivity contribution in [1.82, 2.24) is 10.6 Å². The van der Waals surface area contributed by atoms with Gasteiger partial charge in [0.15, 0.2) is 5.11 Å². The van der Waals surface area contributed by atoms with Crippen molar-refractivity contribution in [3.8, 4) is 0 Å². The van der Waals surface area contributed by atoms with Gasteiger partial charge < -0.3 is 5.32 Å². The second kappa shape index (κ2) is 4.16. The molecule has 2 nitrogen and oxygen atoms in total. The van der Waals surface area contributed by atoms with Crippen LogP contribution in [0.4, 0.5) is 0 Å². The third kappa shape index (κ3) is 1.92. The molecule has 0 fully saturated rings. The average molecular weight is 284 g/mol. The van der Waals surface area contributed by atoms with Crippen molar-refractivity contribution in [3.63, 3.8) is 0 Å². The maximum absolute atomic E-state index is 6.22. The highest BCUT2D eigenvalue weighted by atomic mass is 35.5. The van der Waals surface area contributed by atoms with Gasteiger partial charge in [0.05, 0.1) is 15.7 Å². The molecule has 0 saturated heterocycles. The number of hydrogen-bond donors (Lipinski definition) is 1. The second-order valence-corrected chi connectivity index (χ2v) is 5.41. The molecular weight excluding hydrogens is 275 g/mol. The molecular formula is C12H9Cl2N2S. The molecule has 1 unspecified atom stereocenters. The van der Waals surface area contributed by atoms with Crippen molar-refractivity contribution in [2.24, 2.45) is 5.92 Å². The van der Waals surface area contributed by atoms with Crippen LogP contribution in [0.25, 0.3) is 0 Å². The quantitative estimate of drug-likeness (QED) is 0.802. The lowest BCUT2D eigenvalue weighted by atomic mass is 10.0. The van der Waals surface area contributed by atoms with Gasteiger partial charge >= 0.3 is 0 Å². The van der Waals surface area contributed by atoms with Gasteiger partial charge in [-0.05, 0) is 42.3 Å². The summed E-state index contributed by atoms with van der Waals surface area (Å²) in [5.74, 6) is 0.355. The molecule has 1 aromatic rings. The van der Waals surface area contributed by atoms with E-state index in [9.17, 15) is 0 Å². The van der Waals surface area contributed by atoms with E-state index < -0.39 is 0 Å². The van der Waals surface area contributed by atoms with E-state index in [2.05, 4.69) is 10.6 Å². The summed E-state index contributed by atoms with van der Waals surface area (Å²) in [6.45, 7) is 0. The SMILES string of the molecule is S=C1[N]C(C2Cc3ccc(Cl)c(Cl)c3C2)=CN1. The normalized spacial score (nSPS) is 21.9. The lowest BCUT2D eigenvalue weighted by Gasteiger charge is -2.07. The molecule has 0 aromatic heterocycles. The first-order valence-electron chi connectivity index (χ1n) is 5.33. The van der Waals surface area contributed by atoms with Crippen molar-refractivity contribution in [3.05, 3.63) is 45.2 Å². The van der Waals surface area contributed by atoms with Crippen LogP contribution in [0.1, 0.15) is 11.1 Å². The van der Waals surface area contributed by atoms with E-state index in [0.29, 0.717) is 21.1 Å². The van der Waals surface area contributed by atoms with Gasteiger partial charge in [-0.1, -0.05) is 29.3 Å². The molecule has 0 saturated carbocycles. The summed E-state index contributed by atoms with van der Waals surface area (Å²) in [5, 5.41) is 9.10. The summed E-state index contributed by atoms with van der Waals surface area (Å²) in [6.07, 6.45) is 3.72. The first-order chi connectivity index (χ1) is 8.15. The Hall–Kier alpha value is -0.770. The van der Waals surface area contributed by atoms with Crippen molar-refractivity contribution in [2.75, 3.05) is 0 Å². The number of halogens is 2. The number of thiocarbonyl (C=S) groups is 1. The van der Waals surface area contributed by atoms with E-state index in [-0.39, 0.29) is 0 Å². The van der Waals surface area contributed by atoms with Gasteiger partial charge in [0, 0.05) is 12.1 Å². The van der Waals surface area contributed by atoms with Gasteiger partial charge in [-0.3, -0.25) is 0 Å². The number of nitrogens with one attached hydrogen (secondary N) is 1. The van der Waals surface area contributed by atoms with E-state index in [0.717, 1.165) is 24.1 Å². The standard InChI is InChI=1S/C12H9Cl2N2S/c13-9-2-1-6-3-7(4-8(6)11(9)14)10-5-15-12(17)16-10/h1-2,5,7H,3-4H2,(H,15,17). The molecule has 1 aliphatic heterocycles. The second-order valence-electron chi connectivity index (χ2n) is 4.23. The van der Waals surface area contributed by atoms with Crippen molar-refractivity contribution < 1.29 is 0 Å². The Morgan fingerprint density at radius 1 is 1.29 bits per heavy atom. The molecule has 1 radical (unpaired) electrons. The fourth-order valence-corrected chi connectivity index (χ4v) is 2.97. The summed E-state index contributed by atoms with van der Waals surface area (Å²) in [5.41, 5.74) is 3.43. The van der Waals surface area contributed by atoms with E-state index in [1.54, 1.807) is 0 Å². The Morgan fingerprint density at radius 2 is 2.12 bits per heavy atom. The van der Waals surface area contributed by atoms with Crippen LogP contribution in [0.15, 0.2) is 24.0 Å². The summed E-state index contributed by atoms with van der Waals surface area (Å²) < 4.78 is 0. The van der Waals surface area contributed by atoms with Gasteiger partial charge in [-0.15, -0.1) is 0 Å². The number of hydrogen-bond acceptors (Lipinski definition) is 1. The van der Waals surface area contributed by atoms with Crippen molar-refractivity contribution in [2.45, 2.75) is 12.8 Å². The third-order valence-electron chi connectivity index (χ3n) is 3.20. The molecule has 0 spiro atoms. The fourth-order valence-electron chi connectivity index (χ4n) is 2.36. The van der Waals surface area contributed by atoms with Crippen molar-refractivity contribution in [1.29, 1.82) is 0 Å². The molecule has 1 aliphatic carbocycles. The molecule has 2 aliphatic rings. The van der Waals surface area contributed by atoms with Crippen LogP contribution in [-0.4, -0.2) is 5.11 Å². The Morgan fingerprint density at radius 3 is 2.82 bits per heavy atom. The van der Waals surface area contributed by atoms with Crippen LogP contribution in [0.2, 0.25) is 10.0 Å². The van der Waals surface area contributed by atoms with Crippen LogP contribution in [0.3, 0.4) is 0 Å². The predicted octanol–water partition coefficient (Wildman–Crippen LogP) is 3.04. The maximum Gasteiger partial charge on any atom is 0.197 e. The fraction of sp³-hybridized carbons (Fsp3) is 0.250. The summed E-state index contributed by atoms with van der Waals surface area (Å²) >= 11 is 17.2. The molecule has 3 rings (SSSR count). The maximum atomic E-state index is 6.22. The molecule has 87 valence electrons. The molecule has 1 heterocycles. The van der Waals surface area contributed by atoms with Crippen LogP contribution in [0, 0.1) is 5.92 Å². The minimum atomic E-state index is 0.355. The van der Waals surface area contributed by atoms with E-state index in [4.69, 9.17) is 35.4 Å². The van der Waals surface area contributed by atoms with Crippen molar-refractivity contribution >= 4 is 40.5 Å². The Balaban J connectivity index is 1.88. The van der Waals surface area contributed by atoms with E-state index in [1.165, 1.54) is 5.56 Å².